The molecule has 0 bridgehead atoms. The Morgan fingerprint density at radius 1 is 1.16 bits per heavy atom. The summed E-state index contributed by atoms with van der Waals surface area (Å²) < 4.78 is 5.17. The molecule has 19 heavy (non-hydrogen) atoms. The van der Waals surface area contributed by atoms with Gasteiger partial charge in [0.05, 0.1) is 12.6 Å². The fourth-order valence-corrected chi connectivity index (χ4v) is 2.39. The van der Waals surface area contributed by atoms with Gasteiger partial charge in [0.25, 0.3) is 0 Å². The molecule has 104 valence electrons. The summed E-state index contributed by atoms with van der Waals surface area (Å²) in [4.78, 5) is 14.4. The molecule has 0 atom stereocenters. The van der Waals surface area contributed by atoms with Gasteiger partial charge in [-0.3, -0.25) is 4.79 Å². The largest absolute Gasteiger partial charge is 0.497 e. The molecular formula is C15H22N2O2. The van der Waals surface area contributed by atoms with Crippen LogP contribution in [0.4, 0.5) is 5.69 Å². The van der Waals surface area contributed by atoms with E-state index in [1.54, 1.807) is 7.11 Å². The molecule has 1 aromatic rings. The van der Waals surface area contributed by atoms with Crippen molar-refractivity contribution in [3.8, 4) is 5.75 Å². The zero-order valence-corrected chi connectivity index (χ0v) is 12.3. The third-order valence-corrected chi connectivity index (χ3v) is 3.62. The molecule has 1 aromatic carbocycles. The quantitative estimate of drug-likeness (QED) is 0.888. The minimum Gasteiger partial charge on any atom is -0.497 e. The molecule has 1 N–H and O–H groups in total. The number of carbonyl (C=O) groups excluding carboxylic acids is 1. The van der Waals surface area contributed by atoms with E-state index in [2.05, 4.69) is 10.2 Å². The molecule has 0 radical (unpaired) electrons. The molecule has 1 aliphatic rings. The summed E-state index contributed by atoms with van der Waals surface area (Å²) in [5.41, 5.74) is 0.255. The monoisotopic (exact) mass is 262 g/mol. The molecule has 1 amide bonds. The molecule has 0 saturated carbocycles. The Balaban J connectivity index is 2.36. The van der Waals surface area contributed by atoms with E-state index in [-0.39, 0.29) is 11.4 Å². The SMILES string of the molecule is COc1ccc(N2CC(C)(C)NC(=O)C2(C)C)cc1. The Labute approximate surface area is 114 Å². The van der Waals surface area contributed by atoms with Crippen LogP contribution in [0.15, 0.2) is 24.3 Å². The number of nitrogens with one attached hydrogen (secondary N) is 1. The van der Waals surface area contributed by atoms with Crippen LogP contribution in [-0.2, 0) is 4.79 Å². The first kappa shape index (κ1) is 13.7. The van der Waals surface area contributed by atoms with Crippen molar-refractivity contribution in [1.82, 2.24) is 5.32 Å². The predicted molar refractivity (Wildman–Crippen MR) is 76.6 cm³/mol. The summed E-state index contributed by atoms with van der Waals surface area (Å²) >= 11 is 0. The van der Waals surface area contributed by atoms with Crippen LogP contribution in [0.5, 0.6) is 5.75 Å². The van der Waals surface area contributed by atoms with E-state index in [4.69, 9.17) is 4.74 Å². The van der Waals surface area contributed by atoms with Crippen molar-refractivity contribution in [2.45, 2.75) is 38.8 Å². The average Bonchev–Trinajstić information content (AvgIpc) is 2.34. The van der Waals surface area contributed by atoms with E-state index in [1.807, 2.05) is 52.0 Å². The smallest absolute Gasteiger partial charge is 0.245 e. The zero-order valence-electron chi connectivity index (χ0n) is 12.3. The fraction of sp³-hybridized carbons (Fsp3) is 0.533. The van der Waals surface area contributed by atoms with Crippen LogP contribution in [0.2, 0.25) is 0 Å². The number of ether oxygens (including phenoxy) is 1. The first-order chi connectivity index (χ1) is 8.76. The maximum absolute atomic E-state index is 12.3. The summed E-state index contributed by atoms with van der Waals surface area (Å²) in [5, 5.41) is 3.06. The molecule has 1 heterocycles. The van der Waals surface area contributed by atoms with Gasteiger partial charge in [0.1, 0.15) is 11.3 Å². The molecular weight excluding hydrogens is 240 g/mol. The highest BCUT2D eigenvalue weighted by Crippen LogP contribution is 2.31. The number of methoxy groups -OCH3 is 1. The van der Waals surface area contributed by atoms with E-state index in [1.165, 1.54) is 0 Å². The van der Waals surface area contributed by atoms with Crippen molar-refractivity contribution in [1.29, 1.82) is 0 Å². The molecule has 4 heteroatoms. The first-order valence-electron chi connectivity index (χ1n) is 6.50. The Morgan fingerprint density at radius 2 is 1.74 bits per heavy atom. The zero-order chi connectivity index (χ0) is 14.3. The average molecular weight is 262 g/mol. The molecule has 0 aromatic heterocycles. The number of hydrogen-bond acceptors (Lipinski definition) is 3. The number of hydrogen-bond donors (Lipinski definition) is 1. The summed E-state index contributed by atoms with van der Waals surface area (Å²) in [5.74, 6) is 0.877. The molecule has 1 aliphatic heterocycles. The van der Waals surface area contributed by atoms with Crippen LogP contribution in [0.25, 0.3) is 0 Å². The second kappa shape index (κ2) is 4.44. The molecule has 0 spiro atoms. The lowest BCUT2D eigenvalue weighted by atomic mass is 9.90. The summed E-state index contributed by atoms with van der Waals surface area (Å²) in [7, 11) is 1.65. The van der Waals surface area contributed by atoms with Crippen LogP contribution in [-0.4, -0.2) is 30.6 Å². The van der Waals surface area contributed by atoms with Gasteiger partial charge in [0.2, 0.25) is 5.91 Å². The van der Waals surface area contributed by atoms with Gasteiger partial charge >= 0.3 is 0 Å². The van der Waals surface area contributed by atoms with Gasteiger partial charge < -0.3 is 15.0 Å². The lowest BCUT2D eigenvalue weighted by Gasteiger charge is -2.49. The third kappa shape index (κ3) is 2.53. The van der Waals surface area contributed by atoms with Gasteiger partial charge in [-0.25, -0.2) is 0 Å². The van der Waals surface area contributed by atoms with Gasteiger partial charge in [-0.05, 0) is 52.0 Å². The van der Waals surface area contributed by atoms with Crippen molar-refractivity contribution in [2.24, 2.45) is 0 Å². The lowest BCUT2D eigenvalue weighted by Crippen LogP contribution is -2.69. The summed E-state index contributed by atoms with van der Waals surface area (Å²) in [6, 6.07) is 7.83. The van der Waals surface area contributed by atoms with E-state index in [0.717, 1.165) is 18.0 Å². The van der Waals surface area contributed by atoms with Crippen LogP contribution < -0.4 is 15.0 Å². The highest BCUT2D eigenvalue weighted by Gasteiger charge is 2.44. The second-order valence-corrected chi connectivity index (χ2v) is 6.18. The number of amides is 1. The van der Waals surface area contributed by atoms with Crippen molar-refractivity contribution in [3.05, 3.63) is 24.3 Å². The summed E-state index contributed by atoms with van der Waals surface area (Å²) in [6.07, 6.45) is 0. The van der Waals surface area contributed by atoms with Crippen molar-refractivity contribution < 1.29 is 9.53 Å². The number of rotatable bonds is 2. The standard InChI is InChI=1S/C15H22N2O2/c1-14(2)10-17(15(3,4)13(18)16-14)11-6-8-12(19-5)9-7-11/h6-9H,10H2,1-5H3,(H,16,18). The van der Waals surface area contributed by atoms with E-state index < -0.39 is 5.54 Å². The topological polar surface area (TPSA) is 41.6 Å². The number of piperazine rings is 1. The number of nitrogens with zero attached hydrogens (tertiary/aromatic N) is 1. The Hall–Kier alpha value is -1.71. The molecule has 0 unspecified atom stereocenters. The minimum atomic E-state index is -0.551. The Kier molecular flexibility index (Phi) is 3.20. The van der Waals surface area contributed by atoms with Gasteiger partial charge in [-0.1, -0.05) is 0 Å². The van der Waals surface area contributed by atoms with Gasteiger partial charge in [0.15, 0.2) is 0 Å². The first-order valence-corrected chi connectivity index (χ1v) is 6.50. The predicted octanol–water partition coefficient (Wildman–Crippen LogP) is 2.19. The molecule has 0 aliphatic carbocycles. The fourth-order valence-electron chi connectivity index (χ4n) is 2.39. The van der Waals surface area contributed by atoms with E-state index in [9.17, 15) is 4.79 Å². The lowest BCUT2D eigenvalue weighted by molar-refractivity contribution is -0.128. The second-order valence-electron chi connectivity index (χ2n) is 6.18. The van der Waals surface area contributed by atoms with Crippen LogP contribution >= 0.6 is 0 Å². The highest BCUT2D eigenvalue weighted by molar-refractivity contribution is 5.91. The normalized spacial score (nSPS) is 20.9. The van der Waals surface area contributed by atoms with Crippen molar-refractivity contribution in [2.75, 3.05) is 18.6 Å². The molecule has 1 fully saturated rings. The molecule has 2 rings (SSSR count). The Bertz CT molecular complexity index is 477. The molecule has 1 saturated heterocycles. The van der Waals surface area contributed by atoms with Gasteiger partial charge in [0, 0.05) is 12.2 Å². The minimum absolute atomic E-state index is 0.0552. The van der Waals surface area contributed by atoms with Crippen LogP contribution in [0.1, 0.15) is 27.7 Å². The van der Waals surface area contributed by atoms with Gasteiger partial charge in [-0.15, -0.1) is 0 Å². The summed E-state index contributed by atoms with van der Waals surface area (Å²) in [6.45, 7) is 8.75. The maximum Gasteiger partial charge on any atom is 0.245 e. The van der Waals surface area contributed by atoms with Gasteiger partial charge in [-0.2, -0.15) is 0 Å². The number of anilines is 1. The number of carbonyl (C=O) groups is 1. The van der Waals surface area contributed by atoms with E-state index in [0.29, 0.717) is 0 Å². The molecule has 4 nitrogen and oxygen atoms in total. The van der Waals surface area contributed by atoms with Crippen LogP contribution in [0.3, 0.4) is 0 Å². The van der Waals surface area contributed by atoms with Crippen LogP contribution in [0, 0.1) is 0 Å². The van der Waals surface area contributed by atoms with Crippen molar-refractivity contribution in [3.63, 3.8) is 0 Å². The van der Waals surface area contributed by atoms with Crippen molar-refractivity contribution >= 4 is 11.6 Å². The Morgan fingerprint density at radius 3 is 2.26 bits per heavy atom. The highest BCUT2D eigenvalue weighted by atomic mass is 16.5. The number of benzene rings is 1. The third-order valence-electron chi connectivity index (χ3n) is 3.62. The van der Waals surface area contributed by atoms with E-state index >= 15 is 0 Å². The maximum atomic E-state index is 12.3.